The van der Waals surface area contributed by atoms with Gasteiger partial charge in [-0.15, -0.1) is 0 Å². The molecule has 0 aliphatic carbocycles. The zero-order valence-corrected chi connectivity index (χ0v) is 14.9. The molecule has 0 unspecified atom stereocenters. The first-order valence-electron chi connectivity index (χ1n) is 7.22. The predicted octanol–water partition coefficient (Wildman–Crippen LogP) is 4.95. The van der Waals surface area contributed by atoms with Gasteiger partial charge in [0.05, 0.1) is 0 Å². The normalized spacial score (nSPS) is 11.4. The van der Waals surface area contributed by atoms with E-state index in [4.69, 9.17) is 0 Å². The third-order valence-corrected chi connectivity index (χ3v) is 6.45. The SMILES string of the molecule is Fc1ccc(/C(=C/[Se]c2ccccc2)Sc2ccccc2)cc1. The first-order chi connectivity index (χ1) is 11.3. The molecule has 0 fully saturated rings. The molecule has 0 amide bonds. The molecular weight excluding hydrogens is 370 g/mol. The van der Waals surface area contributed by atoms with Crippen LogP contribution in [0.1, 0.15) is 5.56 Å². The van der Waals surface area contributed by atoms with Gasteiger partial charge in [0.25, 0.3) is 0 Å². The number of hydrogen-bond donors (Lipinski definition) is 0. The Morgan fingerprint density at radius 1 is 0.783 bits per heavy atom. The first-order valence-corrected chi connectivity index (χ1v) is 9.88. The van der Waals surface area contributed by atoms with Crippen molar-refractivity contribution in [2.45, 2.75) is 4.90 Å². The Kier molecular flexibility index (Phi) is 5.70. The summed E-state index contributed by atoms with van der Waals surface area (Å²) >= 11 is 1.96. The average Bonchev–Trinajstić information content (AvgIpc) is 2.61. The van der Waals surface area contributed by atoms with Gasteiger partial charge >= 0.3 is 147 Å². The monoisotopic (exact) mass is 386 g/mol. The van der Waals surface area contributed by atoms with Gasteiger partial charge in [-0.1, -0.05) is 0 Å². The van der Waals surface area contributed by atoms with Crippen molar-refractivity contribution < 1.29 is 4.39 Å². The van der Waals surface area contributed by atoms with Gasteiger partial charge in [-0.25, -0.2) is 0 Å². The van der Waals surface area contributed by atoms with Crippen LogP contribution in [-0.4, -0.2) is 15.0 Å². The van der Waals surface area contributed by atoms with E-state index in [9.17, 15) is 4.39 Å². The third kappa shape index (κ3) is 4.83. The van der Waals surface area contributed by atoms with Crippen LogP contribution in [0.3, 0.4) is 0 Å². The number of halogens is 1. The Labute approximate surface area is 146 Å². The summed E-state index contributed by atoms with van der Waals surface area (Å²) in [6.07, 6.45) is 0. The summed E-state index contributed by atoms with van der Waals surface area (Å²) in [6.45, 7) is 0. The van der Waals surface area contributed by atoms with E-state index in [0.717, 1.165) is 5.56 Å². The van der Waals surface area contributed by atoms with Crippen LogP contribution < -0.4 is 4.46 Å². The Morgan fingerprint density at radius 2 is 1.39 bits per heavy atom. The van der Waals surface area contributed by atoms with Crippen molar-refractivity contribution in [3.05, 3.63) is 101 Å². The van der Waals surface area contributed by atoms with Crippen LogP contribution in [-0.2, 0) is 0 Å². The van der Waals surface area contributed by atoms with Crippen LogP contribution in [0.25, 0.3) is 4.91 Å². The van der Waals surface area contributed by atoms with Crippen LogP contribution in [0.5, 0.6) is 0 Å². The van der Waals surface area contributed by atoms with Crippen LogP contribution in [0.15, 0.2) is 94.8 Å². The molecule has 0 saturated carbocycles. The molecule has 114 valence electrons. The quantitative estimate of drug-likeness (QED) is 0.443. The molecule has 0 heterocycles. The second-order valence-electron chi connectivity index (χ2n) is 4.84. The fourth-order valence-corrected chi connectivity index (χ4v) is 4.86. The molecule has 0 saturated heterocycles. The van der Waals surface area contributed by atoms with Crippen LogP contribution in [0.2, 0.25) is 0 Å². The van der Waals surface area contributed by atoms with Crippen molar-refractivity contribution in [3.63, 3.8) is 0 Å². The first kappa shape index (κ1) is 16.1. The average molecular weight is 385 g/mol. The fourth-order valence-electron chi connectivity index (χ4n) is 2.00. The number of rotatable bonds is 5. The Morgan fingerprint density at radius 3 is 2.04 bits per heavy atom. The maximum atomic E-state index is 13.2. The van der Waals surface area contributed by atoms with Crippen molar-refractivity contribution in [2.24, 2.45) is 0 Å². The Balaban J connectivity index is 1.87. The van der Waals surface area contributed by atoms with E-state index in [1.54, 1.807) is 11.8 Å². The molecule has 0 radical (unpaired) electrons. The van der Waals surface area contributed by atoms with Gasteiger partial charge in [-0.3, -0.25) is 0 Å². The van der Waals surface area contributed by atoms with Crippen molar-refractivity contribution in [1.29, 1.82) is 0 Å². The molecule has 0 aromatic heterocycles. The van der Waals surface area contributed by atoms with E-state index in [2.05, 4.69) is 41.4 Å². The van der Waals surface area contributed by atoms with E-state index >= 15 is 0 Å². The summed E-state index contributed by atoms with van der Waals surface area (Å²) in [7, 11) is 0. The molecule has 0 spiro atoms. The van der Waals surface area contributed by atoms with Gasteiger partial charge in [-0.05, 0) is 0 Å². The van der Waals surface area contributed by atoms with Crippen LogP contribution >= 0.6 is 11.8 Å². The Hall–Kier alpha value is -1.80. The second kappa shape index (κ2) is 8.16. The summed E-state index contributed by atoms with van der Waals surface area (Å²) in [5.74, 6) is -0.202. The third-order valence-electron chi connectivity index (χ3n) is 3.15. The molecule has 0 aliphatic rings. The molecule has 3 aromatic rings. The van der Waals surface area contributed by atoms with E-state index in [0.29, 0.717) is 0 Å². The minimum absolute atomic E-state index is 0.202. The summed E-state index contributed by atoms with van der Waals surface area (Å²) in [4.78, 5) is 4.62. The molecular formula is C20H15FSSe. The zero-order chi connectivity index (χ0) is 15.9. The maximum absolute atomic E-state index is 13.2. The van der Waals surface area contributed by atoms with E-state index in [1.165, 1.54) is 26.4 Å². The predicted molar refractivity (Wildman–Crippen MR) is 98.5 cm³/mol. The fraction of sp³-hybridized carbons (Fsp3) is 0. The van der Waals surface area contributed by atoms with Crippen molar-refractivity contribution in [1.82, 2.24) is 0 Å². The van der Waals surface area contributed by atoms with Gasteiger partial charge in [0.1, 0.15) is 0 Å². The summed E-state index contributed by atoms with van der Waals surface area (Å²) in [6, 6.07) is 27.4. The number of thioether (sulfide) groups is 1. The zero-order valence-electron chi connectivity index (χ0n) is 12.4. The summed E-state index contributed by atoms with van der Waals surface area (Å²) < 4.78 is 14.5. The molecule has 3 heteroatoms. The van der Waals surface area contributed by atoms with Crippen molar-refractivity contribution in [2.75, 3.05) is 0 Å². The number of hydrogen-bond acceptors (Lipinski definition) is 1. The molecule has 0 atom stereocenters. The molecule has 0 aliphatic heterocycles. The molecule has 0 bridgehead atoms. The number of benzene rings is 3. The van der Waals surface area contributed by atoms with Crippen LogP contribution in [0.4, 0.5) is 4.39 Å². The summed E-state index contributed by atoms with van der Waals surface area (Å²) in [5, 5.41) is 0. The molecule has 23 heavy (non-hydrogen) atoms. The van der Waals surface area contributed by atoms with E-state index in [1.807, 2.05) is 36.4 Å². The van der Waals surface area contributed by atoms with Gasteiger partial charge in [-0.2, -0.15) is 0 Å². The van der Waals surface area contributed by atoms with Crippen molar-refractivity contribution in [3.8, 4) is 0 Å². The van der Waals surface area contributed by atoms with Gasteiger partial charge < -0.3 is 0 Å². The Bertz CT molecular complexity index is 768. The standard InChI is InChI=1S/C20H15FSSe/c21-17-13-11-16(12-14-17)20(22-18-7-3-1-4-8-18)15-23-19-9-5-2-6-10-19/h1-15H/b20-15-. The van der Waals surface area contributed by atoms with E-state index < -0.39 is 0 Å². The van der Waals surface area contributed by atoms with E-state index in [-0.39, 0.29) is 20.8 Å². The molecule has 3 aromatic carbocycles. The topological polar surface area (TPSA) is 0 Å². The van der Waals surface area contributed by atoms with Crippen LogP contribution in [0, 0.1) is 5.82 Å². The second-order valence-corrected chi connectivity index (χ2v) is 7.93. The van der Waals surface area contributed by atoms with Gasteiger partial charge in [0, 0.05) is 0 Å². The molecule has 0 nitrogen and oxygen atoms in total. The minimum atomic E-state index is -0.202. The molecule has 0 N–H and O–H groups in total. The van der Waals surface area contributed by atoms with Gasteiger partial charge in [0.2, 0.25) is 0 Å². The molecule has 3 rings (SSSR count). The van der Waals surface area contributed by atoms with Gasteiger partial charge in [0.15, 0.2) is 0 Å². The summed E-state index contributed by atoms with van der Waals surface area (Å²) in [5.41, 5.74) is 1.05. The van der Waals surface area contributed by atoms with Crippen molar-refractivity contribution >= 4 is 36.1 Å².